The van der Waals surface area contributed by atoms with Gasteiger partial charge in [-0.1, -0.05) is 61.5 Å². The van der Waals surface area contributed by atoms with Crippen LogP contribution >= 0.6 is 0 Å². The lowest BCUT2D eigenvalue weighted by atomic mass is 9.73. The van der Waals surface area contributed by atoms with Crippen molar-refractivity contribution < 1.29 is 9.59 Å². The van der Waals surface area contributed by atoms with Gasteiger partial charge in [-0.15, -0.1) is 0 Å². The van der Waals surface area contributed by atoms with Crippen LogP contribution in [0.1, 0.15) is 88.3 Å². The Bertz CT molecular complexity index is 1020. The lowest BCUT2D eigenvalue weighted by Gasteiger charge is -2.41. The van der Waals surface area contributed by atoms with Crippen LogP contribution in [-0.4, -0.2) is 35.2 Å². The van der Waals surface area contributed by atoms with Crippen molar-refractivity contribution in [1.82, 2.24) is 4.90 Å². The summed E-state index contributed by atoms with van der Waals surface area (Å²) in [7, 11) is 0. The van der Waals surface area contributed by atoms with Crippen LogP contribution in [0.5, 0.6) is 0 Å². The molecule has 0 unspecified atom stereocenters. The van der Waals surface area contributed by atoms with Gasteiger partial charge in [0, 0.05) is 25.4 Å². The summed E-state index contributed by atoms with van der Waals surface area (Å²) >= 11 is 0. The topological polar surface area (TPSA) is 63.4 Å². The summed E-state index contributed by atoms with van der Waals surface area (Å²) in [4.78, 5) is 28.6. The first-order chi connectivity index (χ1) is 16.7. The predicted molar refractivity (Wildman–Crippen MR) is 142 cm³/mol. The minimum Gasteiger partial charge on any atom is -0.342 e. The monoisotopic (exact) mass is 474 g/mol. The SMILES string of the molecule is CC[C@H]1CC2(CCN(C(=O)[C@@H](CCCc3ccccc3)CC(=O)C(C)(C)N)CC2)c2ccccc21. The van der Waals surface area contributed by atoms with E-state index in [9.17, 15) is 9.59 Å². The Labute approximate surface area is 211 Å². The third-order valence-electron chi connectivity index (χ3n) is 8.49. The highest BCUT2D eigenvalue weighted by Crippen LogP contribution is 2.52. The fourth-order valence-corrected chi connectivity index (χ4v) is 6.28. The highest BCUT2D eigenvalue weighted by atomic mass is 16.2. The molecule has 4 rings (SSSR count). The van der Waals surface area contributed by atoms with E-state index in [0.717, 1.165) is 45.2 Å². The number of likely N-dealkylation sites (tertiary alicyclic amines) is 1. The van der Waals surface area contributed by atoms with Gasteiger partial charge in [0.25, 0.3) is 0 Å². The number of amides is 1. The molecule has 2 N–H and O–H groups in total. The maximum Gasteiger partial charge on any atom is 0.226 e. The van der Waals surface area contributed by atoms with Crippen molar-refractivity contribution >= 4 is 11.7 Å². The third-order valence-corrected chi connectivity index (χ3v) is 8.49. The molecule has 0 saturated carbocycles. The van der Waals surface area contributed by atoms with E-state index in [4.69, 9.17) is 5.73 Å². The zero-order valence-corrected chi connectivity index (χ0v) is 21.8. The number of nitrogens with two attached hydrogens (primary N) is 1. The molecule has 4 heteroatoms. The average molecular weight is 475 g/mol. The molecule has 1 fully saturated rings. The second kappa shape index (κ2) is 10.7. The Hall–Kier alpha value is -2.46. The normalized spacial score (nSPS) is 20.0. The maximum absolute atomic E-state index is 13.7. The summed E-state index contributed by atoms with van der Waals surface area (Å²) in [6, 6.07) is 19.3. The van der Waals surface area contributed by atoms with Crippen LogP contribution < -0.4 is 5.73 Å². The van der Waals surface area contributed by atoms with Gasteiger partial charge in [-0.2, -0.15) is 0 Å². The van der Waals surface area contributed by atoms with Gasteiger partial charge in [-0.3, -0.25) is 9.59 Å². The van der Waals surface area contributed by atoms with Gasteiger partial charge in [-0.05, 0) is 86.8 Å². The van der Waals surface area contributed by atoms with Crippen molar-refractivity contribution in [3.63, 3.8) is 0 Å². The molecular weight excluding hydrogens is 432 g/mol. The van der Waals surface area contributed by atoms with Crippen LogP contribution in [0.25, 0.3) is 0 Å². The third kappa shape index (κ3) is 5.69. The Morgan fingerprint density at radius 2 is 1.71 bits per heavy atom. The second-order valence-electron chi connectivity index (χ2n) is 11.4. The summed E-state index contributed by atoms with van der Waals surface area (Å²) in [5.41, 5.74) is 9.69. The van der Waals surface area contributed by atoms with Crippen LogP contribution in [0.3, 0.4) is 0 Å². The van der Waals surface area contributed by atoms with Crippen molar-refractivity contribution in [1.29, 1.82) is 0 Å². The number of benzene rings is 2. The van der Waals surface area contributed by atoms with E-state index >= 15 is 0 Å². The molecule has 35 heavy (non-hydrogen) atoms. The lowest BCUT2D eigenvalue weighted by molar-refractivity contribution is -0.140. The number of carbonyl (C=O) groups is 2. The van der Waals surface area contributed by atoms with Crippen LogP contribution in [0.15, 0.2) is 54.6 Å². The molecule has 2 aromatic carbocycles. The smallest absolute Gasteiger partial charge is 0.226 e. The zero-order chi connectivity index (χ0) is 25.1. The molecular formula is C31H42N2O2. The number of carbonyl (C=O) groups excluding carboxylic acids is 2. The van der Waals surface area contributed by atoms with Crippen molar-refractivity contribution in [2.45, 2.75) is 89.0 Å². The van der Waals surface area contributed by atoms with E-state index in [1.807, 2.05) is 23.1 Å². The summed E-state index contributed by atoms with van der Waals surface area (Å²) in [6.07, 6.45) is 7.16. The fraction of sp³-hybridized carbons (Fsp3) is 0.548. The van der Waals surface area contributed by atoms with Gasteiger partial charge in [-0.25, -0.2) is 0 Å². The summed E-state index contributed by atoms with van der Waals surface area (Å²) < 4.78 is 0. The van der Waals surface area contributed by atoms with Gasteiger partial charge in [0.05, 0.1) is 5.54 Å². The number of nitrogens with zero attached hydrogens (tertiary/aromatic N) is 1. The number of hydrogen-bond acceptors (Lipinski definition) is 3. The minimum absolute atomic E-state index is 0.0282. The van der Waals surface area contributed by atoms with E-state index in [0.29, 0.717) is 5.92 Å². The van der Waals surface area contributed by atoms with Gasteiger partial charge in [0.2, 0.25) is 5.91 Å². The molecule has 1 aliphatic carbocycles. The molecule has 4 nitrogen and oxygen atoms in total. The molecule has 0 bridgehead atoms. The van der Waals surface area contributed by atoms with Crippen molar-refractivity contribution in [3.8, 4) is 0 Å². The molecule has 2 atom stereocenters. The fourth-order valence-electron chi connectivity index (χ4n) is 6.28. The molecule has 2 aliphatic rings. The lowest BCUT2D eigenvalue weighted by Crippen LogP contribution is -2.48. The first-order valence-electron chi connectivity index (χ1n) is 13.5. The number of aryl methyl sites for hydroxylation is 1. The molecule has 0 radical (unpaired) electrons. The van der Waals surface area contributed by atoms with E-state index in [1.165, 1.54) is 29.5 Å². The molecule has 1 saturated heterocycles. The summed E-state index contributed by atoms with van der Waals surface area (Å²) in [6.45, 7) is 7.33. The van der Waals surface area contributed by atoms with Gasteiger partial charge < -0.3 is 10.6 Å². The number of fused-ring (bicyclic) bond motifs is 2. The Balaban J connectivity index is 1.43. The Kier molecular flexibility index (Phi) is 7.80. The summed E-state index contributed by atoms with van der Waals surface area (Å²) in [5.74, 6) is 0.453. The molecule has 1 aliphatic heterocycles. The highest BCUT2D eigenvalue weighted by molar-refractivity contribution is 5.91. The van der Waals surface area contributed by atoms with Gasteiger partial charge in [0.15, 0.2) is 5.78 Å². The van der Waals surface area contributed by atoms with Crippen LogP contribution in [0.4, 0.5) is 0 Å². The molecule has 0 aromatic heterocycles. The van der Waals surface area contributed by atoms with E-state index in [1.54, 1.807) is 13.8 Å². The van der Waals surface area contributed by atoms with E-state index in [-0.39, 0.29) is 29.4 Å². The highest BCUT2D eigenvalue weighted by Gasteiger charge is 2.45. The quantitative estimate of drug-likeness (QED) is 0.501. The van der Waals surface area contributed by atoms with Crippen molar-refractivity contribution in [3.05, 3.63) is 71.3 Å². The molecule has 1 heterocycles. The number of piperidine rings is 1. The molecule has 1 amide bonds. The second-order valence-corrected chi connectivity index (χ2v) is 11.4. The first kappa shape index (κ1) is 25.6. The molecule has 188 valence electrons. The van der Waals surface area contributed by atoms with Gasteiger partial charge >= 0.3 is 0 Å². The Morgan fingerprint density at radius 3 is 2.37 bits per heavy atom. The standard InChI is InChI=1S/C31H42N2O2/c1-4-24-22-31(27-16-9-8-15-26(24)27)17-19-33(20-18-31)29(35)25(21-28(34)30(2,3)32)14-10-13-23-11-6-5-7-12-23/h5-9,11-12,15-16,24-25H,4,10,13-14,17-22,32H2,1-3H3/t24-,25-/m0/s1. The van der Waals surface area contributed by atoms with Crippen molar-refractivity contribution in [2.75, 3.05) is 13.1 Å². The van der Waals surface area contributed by atoms with Gasteiger partial charge in [0.1, 0.15) is 0 Å². The largest absolute Gasteiger partial charge is 0.342 e. The first-order valence-corrected chi connectivity index (χ1v) is 13.5. The average Bonchev–Trinajstić information content (AvgIpc) is 3.16. The van der Waals surface area contributed by atoms with E-state index in [2.05, 4.69) is 43.3 Å². The minimum atomic E-state index is -0.910. The predicted octanol–water partition coefficient (Wildman–Crippen LogP) is 5.78. The summed E-state index contributed by atoms with van der Waals surface area (Å²) in [5, 5.41) is 0. The van der Waals surface area contributed by atoms with Crippen LogP contribution in [-0.2, 0) is 21.4 Å². The van der Waals surface area contributed by atoms with Crippen LogP contribution in [0.2, 0.25) is 0 Å². The van der Waals surface area contributed by atoms with Crippen LogP contribution in [0, 0.1) is 5.92 Å². The zero-order valence-electron chi connectivity index (χ0n) is 21.8. The number of hydrogen-bond donors (Lipinski definition) is 1. The Morgan fingerprint density at radius 1 is 1.06 bits per heavy atom. The van der Waals surface area contributed by atoms with E-state index < -0.39 is 5.54 Å². The van der Waals surface area contributed by atoms with Crippen molar-refractivity contribution in [2.24, 2.45) is 11.7 Å². The molecule has 1 spiro atoms. The molecule has 2 aromatic rings. The number of rotatable bonds is 9. The number of Topliss-reactive ketones (excluding diaryl/α,β-unsaturated/α-hetero) is 1. The number of ketones is 1. The maximum atomic E-state index is 13.7.